The summed E-state index contributed by atoms with van der Waals surface area (Å²) in [5.74, 6) is 0.882. The quantitative estimate of drug-likeness (QED) is 0.326. The molecule has 0 radical (unpaired) electrons. The Morgan fingerprint density at radius 1 is 0.516 bits per heavy atom. The highest BCUT2D eigenvalue weighted by Gasteiger charge is 2.17. The van der Waals surface area contributed by atoms with Crippen LogP contribution in [0.25, 0.3) is 55.4 Å². The van der Waals surface area contributed by atoms with Crippen LogP contribution in [-0.4, -0.2) is 9.97 Å². The van der Waals surface area contributed by atoms with Gasteiger partial charge in [0.2, 0.25) is 0 Å². The highest BCUT2D eigenvalue weighted by molar-refractivity contribution is 5.99. The van der Waals surface area contributed by atoms with Gasteiger partial charge in [0.05, 0.1) is 11.4 Å². The van der Waals surface area contributed by atoms with Crippen LogP contribution in [0.4, 0.5) is 0 Å². The van der Waals surface area contributed by atoms with Crippen molar-refractivity contribution in [3.8, 4) is 33.9 Å². The number of nitrogens with zero attached hydrogens (tertiary/aromatic N) is 1. The number of hydrogen-bond donors (Lipinski definition) is 1. The van der Waals surface area contributed by atoms with Gasteiger partial charge in [-0.2, -0.15) is 0 Å². The van der Waals surface area contributed by atoms with Crippen LogP contribution >= 0.6 is 0 Å². The molecule has 6 aromatic rings. The molecule has 0 aliphatic heterocycles. The first-order valence-corrected chi connectivity index (χ1v) is 10.5. The summed E-state index contributed by atoms with van der Waals surface area (Å²) in [6, 6.07) is 40.3. The van der Waals surface area contributed by atoms with Crippen molar-refractivity contribution in [3.63, 3.8) is 0 Å². The first-order chi connectivity index (χ1) is 15.4. The Balaban J connectivity index is 1.60. The van der Waals surface area contributed by atoms with E-state index in [0.717, 1.165) is 33.9 Å². The minimum atomic E-state index is 0.882. The summed E-state index contributed by atoms with van der Waals surface area (Å²) in [5, 5.41) is 4.89. The lowest BCUT2D eigenvalue weighted by Crippen LogP contribution is -1.85. The number of aromatic amines is 1. The molecule has 1 aromatic heterocycles. The Morgan fingerprint density at radius 3 is 2.10 bits per heavy atom. The molecule has 1 heterocycles. The lowest BCUT2D eigenvalue weighted by molar-refractivity contribution is 1.31. The fourth-order valence-corrected chi connectivity index (χ4v) is 4.29. The van der Waals surface area contributed by atoms with E-state index < -0.39 is 0 Å². The van der Waals surface area contributed by atoms with Gasteiger partial charge in [-0.25, -0.2) is 4.98 Å². The van der Waals surface area contributed by atoms with Crippen molar-refractivity contribution in [2.24, 2.45) is 0 Å². The van der Waals surface area contributed by atoms with Gasteiger partial charge in [0.25, 0.3) is 0 Å². The normalized spacial score (nSPS) is 11.2. The zero-order valence-corrected chi connectivity index (χ0v) is 16.9. The number of nitrogens with one attached hydrogen (secondary N) is 1. The van der Waals surface area contributed by atoms with E-state index in [-0.39, 0.29) is 0 Å². The van der Waals surface area contributed by atoms with E-state index in [1.54, 1.807) is 0 Å². The summed E-state index contributed by atoms with van der Waals surface area (Å²) >= 11 is 0. The topological polar surface area (TPSA) is 28.7 Å². The summed E-state index contributed by atoms with van der Waals surface area (Å²) in [4.78, 5) is 8.74. The van der Waals surface area contributed by atoms with Crippen LogP contribution in [0.5, 0.6) is 0 Å². The third-order valence-electron chi connectivity index (χ3n) is 5.83. The summed E-state index contributed by atoms with van der Waals surface area (Å²) in [6.45, 7) is 0. The van der Waals surface area contributed by atoms with Gasteiger partial charge in [0.1, 0.15) is 5.82 Å². The highest BCUT2D eigenvalue weighted by Crippen LogP contribution is 2.37. The Hall–Kier alpha value is -4.17. The first kappa shape index (κ1) is 17.7. The van der Waals surface area contributed by atoms with E-state index in [0.29, 0.717) is 0 Å². The average molecular weight is 396 g/mol. The van der Waals surface area contributed by atoms with Crippen molar-refractivity contribution in [2.45, 2.75) is 0 Å². The van der Waals surface area contributed by atoms with Gasteiger partial charge in [0.15, 0.2) is 0 Å². The number of rotatable bonds is 3. The van der Waals surface area contributed by atoms with Crippen LogP contribution in [0.1, 0.15) is 0 Å². The summed E-state index contributed by atoms with van der Waals surface area (Å²) in [6.07, 6.45) is 0. The second-order valence-corrected chi connectivity index (χ2v) is 7.76. The molecule has 6 rings (SSSR count). The lowest BCUT2D eigenvalue weighted by Gasteiger charge is -2.07. The summed E-state index contributed by atoms with van der Waals surface area (Å²) < 4.78 is 0. The SMILES string of the molecule is c1ccc(-c2nc(-c3ccc4ccccc4c3)[nH]c2-c2cccc3ccccc23)cc1. The molecule has 31 heavy (non-hydrogen) atoms. The monoisotopic (exact) mass is 396 g/mol. The lowest BCUT2D eigenvalue weighted by atomic mass is 9.99. The van der Waals surface area contributed by atoms with Crippen molar-refractivity contribution in [1.29, 1.82) is 0 Å². The molecule has 1 N–H and O–H groups in total. The van der Waals surface area contributed by atoms with E-state index in [4.69, 9.17) is 4.98 Å². The third-order valence-corrected chi connectivity index (χ3v) is 5.83. The molecular weight excluding hydrogens is 376 g/mol. The van der Waals surface area contributed by atoms with E-state index >= 15 is 0 Å². The van der Waals surface area contributed by atoms with Gasteiger partial charge in [0, 0.05) is 16.7 Å². The number of imidazole rings is 1. The molecule has 0 spiro atoms. The van der Waals surface area contributed by atoms with Crippen molar-refractivity contribution in [3.05, 3.63) is 115 Å². The van der Waals surface area contributed by atoms with Crippen LogP contribution in [0.2, 0.25) is 0 Å². The van der Waals surface area contributed by atoms with E-state index in [1.165, 1.54) is 21.5 Å². The number of hydrogen-bond acceptors (Lipinski definition) is 1. The molecule has 0 aliphatic rings. The minimum absolute atomic E-state index is 0.882. The Kier molecular flexibility index (Phi) is 4.14. The minimum Gasteiger partial charge on any atom is -0.337 e. The Morgan fingerprint density at radius 2 is 1.23 bits per heavy atom. The third kappa shape index (κ3) is 3.10. The van der Waals surface area contributed by atoms with Crippen molar-refractivity contribution < 1.29 is 0 Å². The molecule has 0 atom stereocenters. The zero-order chi connectivity index (χ0) is 20.6. The first-order valence-electron chi connectivity index (χ1n) is 10.5. The fourth-order valence-electron chi connectivity index (χ4n) is 4.29. The largest absolute Gasteiger partial charge is 0.337 e. The number of fused-ring (bicyclic) bond motifs is 2. The van der Waals surface area contributed by atoms with Gasteiger partial charge >= 0.3 is 0 Å². The standard InChI is InChI=1S/C29H20N2/c1-2-11-22(12-3-1)27-28(26-16-8-14-21-10-6-7-15-25(21)26)31-29(30-27)24-18-17-20-9-4-5-13-23(20)19-24/h1-19H,(H,30,31). The highest BCUT2D eigenvalue weighted by atomic mass is 14.9. The summed E-state index contributed by atoms with van der Waals surface area (Å²) in [5.41, 5.74) is 5.37. The van der Waals surface area contributed by atoms with E-state index in [1.807, 2.05) is 6.07 Å². The van der Waals surface area contributed by atoms with E-state index in [2.05, 4.69) is 114 Å². The molecule has 0 fully saturated rings. The number of aromatic nitrogens is 2. The van der Waals surface area contributed by atoms with Crippen LogP contribution in [0.15, 0.2) is 115 Å². The second-order valence-electron chi connectivity index (χ2n) is 7.76. The molecule has 146 valence electrons. The average Bonchev–Trinajstić information content (AvgIpc) is 3.29. The molecule has 0 bridgehead atoms. The van der Waals surface area contributed by atoms with Gasteiger partial charge in [-0.15, -0.1) is 0 Å². The molecule has 5 aromatic carbocycles. The smallest absolute Gasteiger partial charge is 0.138 e. The van der Waals surface area contributed by atoms with Gasteiger partial charge in [-0.3, -0.25) is 0 Å². The second kappa shape index (κ2) is 7.26. The molecule has 0 saturated carbocycles. The molecule has 2 nitrogen and oxygen atoms in total. The van der Waals surface area contributed by atoms with Crippen LogP contribution < -0.4 is 0 Å². The van der Waals surface area contributed by atoms with Gasteiger partial charge in [-0.1, -0.05) is 109 Å². The molecule has 0 aliphatic carbocycles. The maximum absolute atomic E-state index is 5.09. The fraction of sp³-hybridized carbons (Fsp3) is 0. The van der Waals surface area contributed by atoms with E-state index in [9.17, 15) is 0 Å². The van der Waals surface area contributed by atoms with Gasteiger partial charge < -0.3 is 4.98 Å². The van der Waals surface area contributed by atoms with Crippen molar-refractivity contribution in [1.82, 2.24) is 9.97 Å². The maximum Gasteiger partial charge on any atom is 0.138 e. The van der Waals surface area contributed by atoms with Crippen LogP contribution in [0, 0.1) is 0 Å². The van der Waals surface area contributed by atoms with Crippen molar-refractivity contribution >= 4 is 21.5 Å². The Bertz CT molecular complexity index is 1520. The molecule has 0 saturated heterocycles. The van der Waals surface area contributed by atoms with Crippen LogP contribution in [0.3, 0.4) is 0 Å². The number of benzene rings is 5. The molecule has 0 amide bonds. The van der Waals surface area contributed by atoms with Crippen LogP contribution in [-0.2, 0) is 0 Å². The molecule has 2 heteroatoms. The predicted molar refractivity (Wildman–Crippen MR) is 130 cm³/mol. The molecular formula is C29H20N2. The Labute approximate surface area is 180 Å². The maximum atomic E-state index is 5.09. The number of H-pyrrole nitrogens is 1. The zero-order valence-electron chi connectivity index (χ0n) is 16.9. The molecule has 0 unspecified atom stereocenters. The predicted octanol–water partition coefficient (Wildman–Crippen LogP) is 7.72. The summed E-state index contributed by atoms with van der Waals surface area (Å²) in [7, 11) is 0. The van der Waals surface area contributed by atoms with Gasteiger partial charge in [-0.05, 0) is 27.6 Å². The van der Waals surface area contributed by atoms with Crippen molar-refractivity contribution in [2.75, 3.05) is 0 Å².